The Kier molecular flexibility index (Phi) is 5.56. The van der Waals surface area contributed by atoms with E-state index in [1.54, 1.807) is 0 Å². The van der Waals surface area contributed by atoms with Gasteiger partial charge in [0, 0.05) is 7.05 Å². The van der Waals surface area contributed by atoms with Crippen molar-refractivity contribution >= 4 is 56.7 Å². The fourth-order valence-electron chi connectivity index (χ4n) is 2.18. The second-order valence-electron chi connectivity index (χ2n) is 4.47. The zero-order valence-corrected chi connectivity index (χ0v) is 14.2. The molecular formula is C12H12N4O7S2. The highest BCUT2D eigenvalue weighted by Crippen LogP contribution is 2.48. The first-order chi connectivity index (χ1) is 11.8. The molecule has 0 bridgehead atoms. The number of nitrogens with two attached hydrogens (primary N) is 1. The van der Waals surface area contributed by atoms with Gasteiger partial charge in [-0.2, -0.15) is 18.6 Å². The van der Waals surface area contributed by atoms with Gasteiger partial charge < -0.3 is 10.8 Å². The molecule has 2 aromatic rings. The highest BCUT2D eigenvalue weighted by atomic mass is 32.2. The number of hydrogen-bond acceptors (Lipinski definition) is 11. The van der Waals surface area contributed by atoms with Crippen molar-refractivity contribution in [2.45, 2.75) is 9.79 Å². The van der Waals surface area contributed by atoms with Gasteiger partial charge in [0.05, 0.1) is 28.0 Å². The minimum Gasteiger partial charge on any atom is -0.505 e. The lowest BCUT2D eigenvalue weighted by molar-refractivity contribution is -0.432. The van der Waals surface area contributed by atoms with E-state index in [1.165, 1.54) is 13.1 Å². The molecule has 11 nitrogen and oxygen atoms in total. The van der Waals surface area contributed by atoms with Gasteiger partial charge in [-0.15, -0.1) is 4.33 Å². The normalized spacial score (nSPS) is 12.1. The van der Waals surface area contributed by atoms with Crippen molar-refractivity contribution in [2.24, 2.45) is 15.2 Å². The molecule has 0 aliphatic carbocycles. The van der Waals surface area contributed by atoms with Crippen LogP contribution in [-0.2, 0) is 19.5 Å². The quantitative estimate of drug-likeness (QED) is 0.110. The molecule has 0 aromatic heterocycles. The number of phenolic OH excluding ortho intramolecular Hbond substituents is 1. The minimum atomic E-state index is -4.72. The molecule has 0 saturated carbocycles. The third kappa shape index (κ3) is 3.55. The van der Waals surface area contributed by atoms with Crippen LogP contribution in [0, 0.1) is 0 Å². The molecule has 0 aliphatic rings. The number of benzene rings is 2. The van der Waals surface area contributed by atoms with Gasteiger partial charge in [0.25, 0.3) is 10.1 Å². The van der Waals surface area contributed by atoms with Gasteiger partial charge in [0.1, 0.15) is 16.3 Å². The number of nitrogen functional groups attached to an aromatic ring is 1. The summed E-state index contributed by atoms with van der Waals surface area (Å²) in [6, 6.07) is 2.38. The second-order valence-corrected chi connectivity index (χ2v) is 6.60. The van der Waals surface area contributed by atoms with E-state index >= 15 is 0 Å². The number of nitrogens with zero attached hydrogens (tertiary/aromatic N) is 3. The lowest BCUT2D eigenvalue weighted by atomic mass is 10.1. The van der Waals surface area contributed by atoms with E-state index in [0.29, 0.717) is 12.0 Å². The first kappa shape index (κ1) is 19.0. The van der Waals surface area contributed by atoms with E-state index in [-0.39, 0.29) is 27.0 Å². The van der Waals surface area contributed by atoms with E-state index in [9.17, 15) is 18.1 Å². The maximum Gasteiger partial charge on any atom is 0.296 e. The number of azo groups is 1. The number of rotatable bonds is 6. The fourth-order valence-corrected chi connectivity index (χ4v) is 3.37. The van der Waals surface area contributed by atoms with Gasteiger partial charge in [0.2, 0.25) is 0 Å². The van der Waals surface area contributed by atoms with Gasteiger partial charge in [0.15, 0.2) is 5.75 Å². The van der Waals surface area contributed by atoms with Crippen LogP contribution in [0.2, 0.25) is 0 Å². The van der Waals surface area contributed by atoms with Gasteiger partial charge >= 0.3 is 0 Å². The zero-order valence-electron chi connectivity index (χ0n) is 12.6. The maximum atomic E-state index is 11.6. The Morgan fingerprint density at radius 2 is 2.00 bits per heavy atom. The molecule has 2 rings (SSSR count). The zero-order chi connectivity index (χ0) is 18.8. The number of fused-ring (bicyclic) bond motifs is 1. The van der Waals surface area contributed by atoms with Crippen LogP contribution in [0.4, 0.5) is 17.1 Å². The number of anilines is 1. The first-order valence-corrected chi connectivity index (χ1v) is 8.45. The molecule has 0 unspecified atom stereocenters. The number of aromatic hydroxyl groups is 1. The largest absolute Gasteiger partial charge is 0.505 e. The van der Waals surface area contributed by atoms with Crippen molar-refractivity contribution < 1.29 is 32.7 Å². The summed E-state index contributed by atoms with van der Waals surface area (Å²) in [5, 5.41) is 29.3. The Bertz CT molecular complexity index is 976. The molecule has 0 amide bonds. The molecule has 0 fully saturated rings. The second kappa shape index (κ2) is 7.30. The fraction of sp³-hybridized carbons (Fsp3) is 0.0833. The third-order valence-corrected chi connectivity index (χ3v) is 4.59. The van der Waals surface area contributed by atoms with E-state index < -0.39 is 26.5 Å². The Morgan fingerprint density at radius 3 is 2.52 bits per heavy atom. The van der Waals surface area contributed by atoms with Crippen LogP contribution < -0.4 is 5.73 Å². The topological polar surface area (TPSA) is 176 Å². The van der Waals surface area contributed by atoms with Crippen LogP contribution in [0.15, 0.2) is 37.1 Å². The smallest absolute Gasteiger partial charge is 0.296 e. The Hall–Kier alpha value is -2.29. The van der Waals surface area contributed by atoms with Crippen LogP contribution in [0.3, 0.4) is 0 Å². The molecule has 25 heavy (non-hydrogen) atoms. The predicted molar refractivity (Wildman–Crippen MR) is 90.1 cm³/mol. The number of aliphatic imine (C=N–C) groups is 1. The van der Waals surface area contributed by atoms with Crippen molar-refractivity contribution in [2.75, 3.05) is 12.8 Å². The van der Waals surface area contributed by atoms with E-state index in [2.05, 4.69) is 31.3 Å². The minimum absolute atomic E-state index is 0.0199. The predicted octanol–water partition coefficient (Wildman–Crippen LogP) is 2.85. The van der Waals surface area contributed by atoms with Crippen LogP contribution in [0.25, 0.3) is 10.8 Å². The summed E-state index contributed by atoms with van der Waals surface area (Å²) in [4.78, 5) is 3.24. The molecule has 2 aromatic carbocycles. The van der Waals surface area contributed by atoms with Crippen molar-refractivity contribution in [3.8, 4) is 5.75 Å². The summed E-state index contributed by atoms with van der Waals surface area (Å²) in [6.45, 7) is 3.35. The van der Waals surface area contributed by atoms with Crippen LogP contribution in [-0.4, -0.2) is 37.1 Å². The standard InChI is InChI=1S/C12H12N4O7S2/c1-14-10-6(24-23-22-18)3-5-4-7(25(19,20)21)11(16-15-2)12(17)8(5)9(10)13/h3-4,17-18H,1,13H2,2H3,(H,19,20,21). The SMILES string of the molecule is C=Nc1c(SOOO)cc2cc(S(=O)(=O)O)c(N=NC)c(O)c2c1N. The molecule has 5 N–H and O–H groups in total. The summed E-state index contributed by atoms with van der Waals surface area (Å²) >= 11 is 0.513. The number of phenols is 1. The third-order valence-electron chi connectivity index (χ3n) is 3.10. The van der Waals surface area contributed by atoms with Gasteiger partial charge in [-0.05, 0) is 24.2 Å². The number of hydrogen-bond donors (Lipinski definition) is 4. The molecular weight excluding hydrogens is 376 g/mol. The molecule has 0 spiro atoms. The Balaban J connectivity index is 2.97. The van der Waals surface area contributed by atoms with Gasteiger partial charge in [-0.3, -0.25) is 9.55 Å². The highest BCUT2D eigenvalue weighted by molar-refractivity contribution is 7.94. The maximum absolute atomic E-state index is 11.6. The van der Waals surface area contributed by atoms with E-state index in [1.807, 2.05) is 0 Å². The van der Waals surface area contributed by atoms with Gasteiger partial charge in [-0.1, -0.05) is 5.04 Å². The summed E-state index contributed by atoms with van der Waals surface area (Å²) in [7, 11) is -3.47. The van der Waals surface area contributed by atoms with Crippen LogP contribution in [0.5, 0.6) is 5.75 Å². The van der Waals surface area contributed by atoms with Gasteiger partial charge in [-0.25, -0.2) is 5.26 Å². The molecule has 0 aliphatic heterocycles. The summed E-state index contributed by atoms with van der Waals surface area (Å²) in [5.41, 5.74) is 5.52. The van der Waals surface area contributed by atoms with Crippen molar-refractivity contribution in [3.63, 3.8) is 0 Å². The molecule has 0 atom stereocenters. The Labute approximate surface area is 145 Å². The molecule has 0 heterocycles. The van der Waals surface area contributed by atoms with Crippen molar-refractivity contribution in [1.29, 1.82) is 0 Å². The monoisotopic (exact) mass is 388 g/mol. The van der Waals surface area contributed by atoms with E-state index in [0.717, 1.165) is 6.07 Å². The highest BCUT2D eigenvalue weighted by Gasteiger charge is 2.25. The lowest BCUT2D eigenvalue weighted by Gasteiger charge is -2.14. The van der Waals surface area contributed by atoms with E-state index in [4.69, 9.17) is 11.0 Å². The van der Waals surface area contributed by atoms with Crippen LogP contribution >= 0.6 is 12.0 Å². The summed E-state index contributed by atoms with van der Waals surface area (Å²) < 4.78 is 36.9. The molecule has 13 heteroatoms. The average Bonchev–Trinajstić information content (AvgIpc) is 2.54. The van der Waals surface area contributed by atoms with Crippen LogP contribution in [0.1, 0.15) is 0 Å². The first-order valence-electron chi connectivity index (χ1n) is 6.27. The Morgan fingerprint density at radius 1 is 1.32 bits per heavy atom. The lowest BCUT2D eigenvalue weighted by Crippen LogP contribution is -2.00. The molecule has 134 valence electrons. The molecule has 0 saturated heterocycles. The van der Waals surface area contributed by atoms with Crippen molar-refractivity contribution in [1.82, 2.24) is 0 Å². The molecule has 0 radical (unpaired) electrons. The van der Waals surface area contributed by atoms with Crippen molar-refractivity contribution in [3.05, 3.63) is 12.1 Å². The summed E-state index contributed by atoms with van der Waals surface area (Å²) in [6.07, 6.45) is 0. The average molecular weight is 388 g/mol. The summed E-state index contributed by atoms with van der Waals surface area (Å²) in [5.74, 6) is -0.617.